The number of ketones is 1. The summed E-state index contributed by atoms with van der Waals surface area (Å²) < 4.78 is 34.4. The van der Waals surface area contributed by atoms with E-state index < -0.39 is 21.9 Å². The third-order valence-corrected chi connectivity index (χ3v) is 9.06. The number of aryl methyl sites for hydroxylation is 2. The first kappa shape index (κ1) is 25.2. The van der Waals surface area contributed by atoms with Crippen LogP contribution < -0.4 is 4.74 Å². The van der Waals surface area contributed by atoms with Crippen LogP contribution in [0.15, 0.2) is 65.6 Å². The van der Waals surface area contributed by atoms with Crippen molar-refractivity contribution in [2.75, 3.05) is 6.54 Å². The molecule has 0 spiro atoms. The fourth-order valence-electron chi connectivity index (χ4n) is 5.25. The number of carboxylic acids is 1. The first-order valence-corrected chi connectivity index (χ1v) is 13.8. The van der Waals surface area contributed by atoms with Gasteiger partial charge in [-0.15, -0.1) is 0 Å². The summed E-state index contributed by atoms with van der Waals surface area (Å²) in [5, 5.41) is 9.69. The van der Waals surface area contributed by atoms with Crippen molar-refractivity contribution >= 4 is 21.8 Å². The molecule has 0 amide bonds. The van der Waals surface area contributed by atoms with E-state index in [0.29, 0.717) is 24.2 Å². The second-order valence-electron chi connectivity index (χ2n) is 9.85. The number of ether oxygens (including phenoxy) is 1. The van der Waals surface area contributed by atoms with E-state index in [9.17, 15) is 23.1 Å². The number of para-hydroxylation sites is 1. The van der Waals surface area contributed by atoms with Gasteiger partial charge in [-0.3, -0.25) is 9.59 Å². The van der Waals surface area contributed by atoms with E-state index in [2.05, 4.69) is 0 Å². The summed E-state index contributed by atoms with van der Waals surface area (Å²) in [5.41, 5.74) is 5.02. The maximum atomic E-state index is 13.5. The number of carbonyl (C=O) groups excluding carboxylic acids is 1. The standard InChI is InChI=1S/C29H29NO6S/c1-18-7-8-21(25(15-29(32)33)22-9-11-24-20(13-22)10-12-26(24)31)14-23(18)17-30-16-19(2)36-27-5-3-4-6-28(27)37(30,34)35/h3-9,11,13-14,19,25H,10,12,15-17H2,1-2H3,(H,32,33)/t19-,25?/m1/s1. The molecular weight excluding hydrogens is 490 g/mol. The fraction of sp³-hybridized carbons (Fsp3) is 0.310. The van der Waals surface area contributed by atoms with E-state index >= 15 is 0 Å². The van der Waals surface area contributed by atoms with Crippen LogP contribution >= 0.6 is 0 Å². The third-order valence-electron chi connectivity index (χ3n) is 7.21. The largest absolute Gasteiger partial charge is 0.488 e. The molecule has 8 heteroatoms. The van der Waals surface area contributed by atoms with Gasteiger partial charge in [-0.1, -0.05) is 48.5 Å². The van der Waals surface area contributed by atoms with Gasteiger partial charge in [-0.2, -0.15) is 4.31 Å². The molecule has 0 bridgehead atoms. The number of benzene rings is 3. The Morgan fingerprint density at radius 1 is 1.08 bits per heavy atom. The lowest BCUT2D eigenvalue weighted by Gasteiger charge is -2.24. The van der Waals surface area contributed by atoms with Crippen LogP contribution in [0, 0.1) is 6.92 Å². The number of nitrogens with zero attached hydrogens (tertiary/aromatic N) is 1. The van der Waals surface area contributed by atoms with E-state index in [4.69, 9.17) is 4.74 Å². The van der Waals surface area contributed by atoms with Crippen LogP contribution in [0.2, 0.25) is 0 Å². The highest BCUT2D eigenvalue weighted by Gasteiger charge is 2.33. The number of sulfonamides is 1. The monoisotopic (exact) mass is 519 g/mol. The lowest BCUT2D eigenvalue weighted by atomic mass is 9.85. The van der Waals surface area contributed by atoms with Crippen molar-refractivity contribution in [3.8, 4) is 5.75 Å². The Kier molecular flexibility index (Phi) is 6.64. The van der Waals surface area contributed by atoms with Gasteiger partial charge in [-0.05, 0) is 60.2 Å². The maximum Gasteiger partial charge on any atom is 0.304 e. The molecule has 5 rings (SSSR count). The summed E-state index contributed by atoms with van der Waals surface area (Å²) in [6.07, 6.45) is 0.688. The first-order chi connectivity index (χ1) is 17.6. The second-order valence-corrected chi connectivity index (χ2v) is 11.8. The van der Waals surface area contributed by atoms with E-state index in [1.54, 1.807) is 30.3 Å². The molecule has 0 aromatic heterocycles. The molecule has 2 aliphatic rings. The summed E-state index contributed by atoms with van der Waals surface area (Å²) in [7, 11) is -3.80. The smallest absolute Gasteiger partial charge is 0.304 e. The van der Waals surface area contributed by atoms with Crippen molar-refractivity contribution in [3.63, 3.8) is 0 Å². The highest BCUT2D eigenvalue weighted by molar-refractivity contribution is 7.89. The molecule has 0 saturated carbocycles. The summed E-state index contributed by atoms with van der Waals surface area (Å²) in [4.78, 5) is 24.1. The van der Waals surface area contributed by atoms with E-state index in [0.717, 1.165) is 27.8 Å². The number of rotatable bonds is 6. The Morgan fingerprint density at radius 3 is 2.59 bits per heavy atom. The number of hydrogen-bond donors (Lipinski definition) is 1. The fourth-order valence-corrected chi connectivity index (χ4v) is 6.87. The molecule has 3 aromatic carbocycles. The highest BCUT2D eigenvalue weighted by atomic mass is 32.2. The summed E-state index contributed by atoms with van der Waals surface area (Å²) in [6, 6.07) is 18.0. The minimum atomic E-state index is -3.80. The zero-order chi connectivity index (χ0) is 26.3. The van der Waals surface area contributed by atoms with Gasteiger partial charge in [0.05, 0.1) is 13.0 Å². The third kappa shape index (κ3) is 4.91. The molecule has 1 aliphatic heterocycles. The van der Waals surface area contributed by atoms with Crippen molar-refractivity contribution in [2.45, 2.75) is 56.6 Å². The Bertz CT molecular complexity index is 1500. The minimum Gasteiger partial charge on any atom is -0.488 e. The van der Waals surface area contributed by atoms with Crippen molar-refractivity contribution < 1.29 is 27.9 Å². The topological polar surface area (TPSA) is 101 Å². The van der Waals surface area contributed by atoms with Gasteiger partial charge in [0.1, 0.15) is 16.7 Å². The van der Waals surface area contributed by atoms with Gasteiger partial charge in [0, 0.05) is 24.4 Å². The Morgan fingerprint density at radius 2 is 1.81 bits per heavy atom. The van der Waals surface area contributed by atoms with E-state index in [1.165, 1.54) is 4.31 Å². The van der Waals surface area contributed by atoms with E-state index in [1.807, 2.05) is 44.2 Å². The van der Waals surface area contributed by atoms with Gasteiger partial charge < -0.3 is 9.84 Å². The molecule has 1 unspecified atom stereocenters. The summed E-state index contributed by atoms with van der Waals surface area (Å²) in [5.74, 6) is -0.894. The molecular formula is C29H29NO6S. The van der Waals surface area contributed by atoms with Crippen LogP contribution in [0.25, 0.3) is 0 Å². The lowest BCUT2D eigenvalue weighted by molar-refractivity contribution is -0.137. The number of carboxylic acid groups (broad SMARTS) is 1. The van der Waals surface area contributed by atoms with Crippen molar-refractivity contribution in [1.29, 1.82) is 0 Å². The lowest BCUT2D eigenvalue weighted by Crippen LogP contribution is -2.35. The molecule has 192 valence electrons. The predicted molar refractivity (Wildman–Crippen MR) is 138 cm³/mol. The molecule has 1 N–H and O–H groups in total. The number of aliphatic carboxylic acids is 1. The number of hydrogen-bond acceptors (Lipinski definition) is 5. The van der Waals surface area contributed by atoms with Gasteiger partial charge in [0.15, 0.2) is 5.78 Å². The van der Waals surface area contributed by atoms with Gasteiger partial charge in [0.2, 0.25) is 10.0 Å². The summed E-state index contributed by atoms with van der Waals surface area (Å²) in [6.45, 7) is 4.10. The molecule has 7 nitrogen and oxygen atoms in total. The van der Waals surface area contributed by atoms with Gasteiger partial charge in [0.25, 0.3) is 0 Å². The molecule has 0 saturated heterocycles. The van der Waals surface area contributed by atoms with Crippen molar-refractivity contribution in [1.82, 2.24) is 4.31 Å². The van der Waals surface area contributed by atoms with Crippen LogP contribution in [0.5, 0.6) is 5.75 Å². The van der Waals surface area contributed by atoms with Crippen molar-refractivity contribution in [2.24, 2.45) is 0 Å². The SMILES string of the molecule is Cc1ccc(C(CC(=O)O)c2ccc3c(c2)CCC3=O)cc1CN1C[C@@H](C)Oc2ccccc2S1(=O)=O. The molecule has 37 heavy (non-hydrogen) atoms. The molecule has 2 atom stereocenters. The molecule has 0 radical (unpaired) electrons. The number of Topliss-reactive ketones (excluding diaryl/α,β-unsaturated/α-hetero) is 1. The minimum absolute atomic E-state index is 0.116. The first-order valence-electron chi connectivity index (χ1n) is 12.4. The normalized spacial score (nSPS) is 19.4. The number of fused-ring (bicyclic) bond motifs is 2. The molecule has 3 aromatic rings. The van der Waals surface area contributed by atoms with Crippen LogP contribution in [0.3, 0.4) is 0 Å². The average molecular weight is 520 g/mol. The zero-order valence-corrected chi connectivity index (χ0v) is 21.6. The quantitative estimate of drug-likeness (QED) is 0.507. The van der Waals surface area contributed by atoms with Crippen molar-refractivity contribution in [3.05, 3.63) is 94.0 Å². The Hall–Kier alpha value is -3.49. The Balaban J connectivity index is 1.51. The summed E-state index contributed by atoms with van der Waals surface area (Å²) >= 11 is 0. The number of carbonyl (C=O) groups is 2. The molecule has 0 fully saturated rings. The van der Waals surface area contributed by atoms with E-state index in [-0.39, 0.29) is 36.3 Å². The van der Waals surface area contributed by atoms with Crippen LogP contribution in [-0.2, 0) is 27.8 Å². The van der Waals surface area contributed by atoms with Crippen LogP contribution in [-0.4, -0.2) is 42.2 Å². The molecule has 1 heterocycles. The zero-order valence-electron chi connectivity index (χ0n) is 20.8. The average Bonchev–Trinajstić information content (AvgIpc) is 3.19. The van der Waals surface area contributed by atoms with Crippen LogP contribution in [0.1, 0.15) is 63.9 Å². The Labute approximate surface area is 216 Å². The van der Waals surface area contributed by atoms with Gasteiger partial charge in [-0.25, -0.2) is 8.42 Å². The van der Waals surface area contributed by atoms with Crippen LogP contribution in [0.4, 0.5) is 0 Å². The second kappa shape index (κ2) is 9.76. The maximum absolute atomic E-state index is 13.5. The molecule has 1 aliphatic carbocycles. The predicted octanol–water partition coefficient (Wildman–Crippen LogP) is 4.70. The highest BCUT2D eigenvalue weighted by Crippen LogP contribution is 2.35. The van der Waals surface area contributed by atoms with Gasteiger partial charge >= 0.3 is 5.97 Å².